The van der Waals surface area contributed by atoms with E-state index in [1.54, 1.807) is 5.56 Å². The highest BCUT2D eigenvalue weighted by atomic mass is 32.1. The van der Waals surface area contributed by atoms with Crippen molar-refractivity contribution < 1.29 is 4.74 Å². The summed E-state index contributed by atoms with van der Waals surface area (Å²) in [7, 11) is 0. The quantitative estimate of drug-likeness (QED) is 0.822. The van der Waals surface area contributed by atoms with Crippen LogP contribution in [0.2, 0.25) is 0 Å². The predicted octanol–water partition coefficient (Wildman–Crippen LogP) is 4.26. The lowest BCUT2D eigenvalue weighted by atomic mass is 9.78. The highest BCUT2D eigenvalue weighted by Crippen LogP contribution is 2.40. The summed E-state index contributed by atoms with van der Waals surface area (Å²) in [4.78, 5) is 2.69. The molecule has 3 heteroatoms. The summed E-state index contributed by atoms with van der Waals surface area (Å²) in [5, 5.41) is 3.73. The van der Waals surface area contributed by atoms with Crippen LogP contribution in [0.1, 0.15) is 37.2 Å². The molecule has 4 rings (SSSR count). The molecule has 2 fully saturated rings. The molecule has 1 aromatic heterocycles. The van der Waals surface area contributed by atoms with E-state index in [4.69, 9.17) is 4.74 Å². The van der Waals surface area contributed by atoms with Crippen molar-refractivity contribution in [3.8, 4) is 0 Å². The molecule has 2 nitrogen and oxygen atoms in total. The van der Waals surface area contributed by atoms with Gasteiger partial charge in [0, 0.05) is 29.7 Å². The fourth-order valence-corrected chi connectivity index (χ4v) is 4.98. The Morgan fingerprint density at radius 3 is 2.81 bits per heavy atom. The van der Waals surface area contributed by atoms with Gasteiger partial charge in [0.1, 0.15) is 0 Å². The van der Waals surface area contributed by atoms with Crippen molar-refractivity contribution in [1.82, 2.24) is 4.90 Å². The van der Waals surface area contributed by atoms with E-state index in [-0.39, 0.29) is 0 Å². The van der Waals surface area contributed by atoms with Crippen LogP contribution in [-0.4, -0.2) is 37.2 Å². The molecule has 0 spiro atoms. The van der Waals surface area contributed by atoms with Crippen LogP contribution in [0.3, 0.4) is 0 Å². The van der Waals surface area contributed by atoms with E-state index in [2.05, 4.69) is 34.5 Å². The SMILES string of the molecule is c1cc([C@H]2CCCC[C@H]2N2CCOCC2)c2ccsc2c1. The average Bonchev–Trinajstić information content (AvgIpc) is 3.04. The third-order valence-corrected chi connectivity index (χ3v) is 6.06. The van der Waals surface area contributed by atoms with E-state index in [1.165, 1.54) is 35.8 Å². The van der Waals surface area contributed by atoms with Crippen molar-refractivity contribution in [2.45, 2.75) is 37.6 Å². The molecule has 0 bridgehead atoms. The predicted molar refractivity (Wildman–Crippen MR) is 89.2 cm³/mol. The molecular formula is C18H23NOS. The molecule has 1 saturated heterocycles. The maximum atomic E-state index is 5.55. The van der Waals surface area contributed by atoms with Gasteiger partial charge in [0.05, 0.1) is 13.2 Å². The number of morpholine rings is 1. The van der Waals surface area contributed by atoms with Gasteiger partial charge in [0.15, 0.2) is 0 Å². The molecule has 112 valence electrons. The van der Waals surface area contributed by atoms with Crippen molar-refractivity contribution >= 4 is 21.4 Å². The fourth-order valence-electron chi connectivity index (χ4n) is 4.16. The molecule has 0 unspecified atom stereocenters. The number of thiophene rings is 1. The Kier molecular flexibility index (Phi) is 3.97. The monoisotopic (exact) mass is 301 g/mol. The minimum Gasteiger partial charge on any atom is -0.379 e. The summed E-state index contributed by atoms with van der Waals surface area (Å²) >= 11 is 1.87. The Bertz CT molecular complexity index is 602. The zero-order valence-corrected chi connectivity index (χ0v) is 13.3. The van der Waals surface area contributed by atoms with Crippen LogP contribution in [0.5, 0.6) is 0 Å². The first kappa shape index (κ1) is 13.7. The second kappa shape index (κ2) is 6.07. The van der Waals surface area contributed by atoms with Gasteiger partial charge in [0.25, 0.3) is 0 Å². The number of ether oxygens (including phenoxy) is 1. The Labute approximate surface area is 130 Å². The van der Waals surface area contributed by atoms with Gasteiger partial charge in [-0.05, 0) is 41.3 Å². The van der Waals surface area contributed by atoms with E-state index < -0.39 is 0 Å². The third kappa shape index (κ3) is 2.63. The summed E-state index contributed by atoms with van der Waals surface area (Å²) in [6.07, 6.45) is 5.46. The molecular weight excluding hydrogens is 278 g/mol. The second-order valence-electron chi connectivity index (χ2n) is 6.29. The highest BCUT2D eigenvalue weighted by molar-refractivity contribution is 7.17. The number of benzene rings is 1. The summed E-state index contributed by atoms with van der Waals surface area (Å²) in [6.45, 7) is 4.04. The van der Waals surface area contributed by atoms with Crippen molar-refractivity contribution in [3.63, 3.8) is 0 Å². The van der Waals surface area contributed by atoms with Crippen molar-refractivity contribution in [2.75, 3.05) is 26.3 Å². The molecule has 1 aliphatic heterocycles. The molecule has 1 saturated carbocycles. The van der Waals surface area contributed by atoms with Crippen molar-refractivity contribution in [2.24, 2.45) is 0 Å². The Balaban J connectivity index is 1.68. The average molecular weight is 301 g/mol. The van der Waals surface area contributed by atoms with E-state index in [9.17, 15) is 0 Å². The van der Waals surface area contributed by atoms with Crippen LogP contribution in [0.4, 0.5) is 0 Å². The largest absolute Gasteiger partial charge is 0.379 e. The van der Waals surface area contributed by atoms with Gasteiger partial charge in [-0.1, -0.05) is 25.0 Å². The van der Waals surface area contributed by atoms with E-state index >= 15 is 0 Å². The molecule has 0 N–H and O–H groups in total. The summed E-state index contributed by atoms with van der Waals surface area (Å²) < 4.78 is 6.99. The molecule has 2 atom stereocenters. The van der Waals surface area contributed by atoms with Gasteiger partial charge in [-0.3, -0.25) is 4.90 Å². The molecule has 1 aromatic carbocycles. The van der Waals surface area contributed by atoms with E-state index in [0.29, 0.717) is 12.0 Å². The van der Waals surface area contributed by atoms with Crippen LogP contribution in [0.25, 0.3) is 10.1 Å². The molecule has 2 aliphatic rings. The third-order valence-electron chi connectivity index (χ3n) is 5.17. The minimum atomic E-state index is 0.704. The highest BCUT2D eigenvalue weighted by Gasteiger charge is 2.32. The van der Waals surface area contributed by atoms with E-state index in [0.717, 1.165) is 26.3 Å². The molecule has 2 heterocycles. The lowest BCUT2D eigenvalue weighted by Crippen LogP contribution is -2.47. The molecule has 2 aromatic rings. The maximum Gasteiger partial charge on any atom is 0.0594 e. The van der Waals surface area contributed by atoms with Gasteiger partial charge < -0.3 is 4.74 Å². The molecule has 21 heavy (non-hydrogen) atoms. The first-order valence-electron chi connectivity index (χ1n) is 8.21. The van der Waals surface area contributed by atoms with Crippen molar-refractivity contribution in [3.05, 3.63) is 35.2 Å². The topological polar surface area (TPSA) is 12.5 Å². The molecule has 0 amide bonds. The van der Waals surface area contributed by atoms with Crippen LogP contribution in [0.15, 0.2) is 29.6 Å². The minimum absolute atomic E-state index is 0.704. The first-order chi connectivity index (χ1) is 10.4. The summed E-state index contributed by atoms with van der Waals surface area (Å²) in [5.41, 5.74) is 1.59. The summed E-state index contributed by atoms with van der Waals surface area (Å²) in [6, 6.07) is 9.92. The van der Waals surface area contributed by atoms with Gasteiger partial charge in [-0.2, -0.15) is 0 Å². The van der Waals surface area contributed by atoms with Crippen molar-refractivity contribution in [1.29, 1.82) is 0 Å². The number of hydrogen-bond donors (Lipinski definition) is 0. The normalized spacial score (nSPS) is 28.0. The summed E-state index contributed by atoms with van der Waals surface area (Å²) in [5.74, 6) is 0.704. The number of fused-ring (bicyclic) bond motifs is 1. The van der Waals surface area contributed by atoms with Crippen LogP contribution in [-0.2, 0) is 4.74 Å². The first-order valence-corrected chi connectivity index (χ1v) is 9.09. The van der Waals surface area contributed by atoms with Crippen LogP contribution in [0, 0.1) is 0 Å². The standard InChI is InChI=1S/C18H23NOS/c1-2-6-17(19-9-11-20-12-10-19)15(4-1)14-5-3-7-18-16(14)8-13-21-18/h3,5,7-8,13,15,17H,1-2,4,6,9-12H2/t15-,17-/m1/s1. The zero-order chi connectivity index (χ0) is 14.1. The van der Waals surface area contributed by atoms with Gasteiger partial charge >= 0.3 is 0 Å². The smallest absolute Gasteiger partial charge is 0.0594 e. The maximum absolute atomic E-state index is 5.55. The zero-order valence-electron chi connectivity index (χ0n) is 12.5. The number of hydrogen-bond acceptors (Lipinski definition) is 3. The Hall–Kier alpha value is -0.900. The van der Waals surface area contributed by atoms with Gasteiger partial charge in [-0.15, -0.1) is 11.3 Å². The van der Waals surface area contributed by atoms with Crippen LogP contribution < -0.4 is 0 Å². The lowest BCUT2D eigenvalue weighted by Gasteiger charge is -2.42. The van der Waals surface area contributed by atoms with Gasteiger partial charge in [-0.25, -0.2) is 0 Å². The van der Waals surface area contributed by atoms with Crippen LogP contribution >= 0.6 is 11.3 Å². The Morgan fingerprint density at radius 2 is 1.90 bits per heavy atom. The molecule has 1 aliphatic carbocycles. The Morgan fingerprint density at radius 1 is 1.05 bits per heavy atom. The number of rotatable bonds is 2. The number of nitrogens with zero attached hydrogens (tertiary/aromatic N) is 1. The molecule has 0 radical (unpaired) electrons. The second-order valence-corrected chi connectivity index (χ2v) is 7.23. The fraction of sp³-hybridized carbons (Fsp3) is 0.556. The van der Waals surface area contributed by atoms with E-state index in [1.807, 2.05) is 11.3 Å². The van der Waals surface area contributed by atoms with Gasteiger partial charge in [0.2, 0.25) is 0 Å². The lowest BCUT2D eigenvalue weighted by molar-refractivity contribution is 0.00300.